The first-order valence-corrected chi connectivity index (χ1v) is 11.9. The lowest BCUT2D eigenvalue weighted by atomic mass is 10.1. The largest absolute Gasteiger partial charge is 0.489 e. The fourth-order valence-corrected chi connectivity index (χ4v) is 4.04. The molecular formula is C28H25ClN2O6. The van der Waals surface area contributed by atoms with Crippen LogP contribution in [0.25, 0.3) is 11.3 Å². The van der Waals surface area contributed by atoms with Gasteiger partial charge in [0.05, 0.1) is 6.42 Å². The molecule has 1 aromatic heterocycles. The number of nitrogens with one attached hydrogen (secondary N) is 1. The van der Waals surface area contributed by atoms with E-state index in [9.17, 15) is 9.59 Å². The van der Waals surface area contributed by atoms with Crippen molar-refractivity contribution in [3.8, 4) is 17.0 Å². The highest BCUT2D eigenvalue weighted by Crippen LogP contribution is 2.32. The molecule has 0 aliphatic carbocycles. The number of aryl methyl sites for hydroxylation is 1. The van der Waals surface area contributed by atoms with Crippen LogP contribution >= 0.6 is 11.6 Å². The minimum atomic E-state index is -0.921. The predicted octanol–water partition coefficient (Wildman–Crippen LogP) is 6.82. The highest BCUT2D eigenvalue weighted by molar-refractivity contribution is 6.31. The Morgan fingerprint density at radius 1 is 1.05 bits per heavy atom. The Bertz CT molecular complexity index is 1400. The topological polar surface area (TPSA) is 111 Å². The molecule has 37 heavy (non-hydrogen) atoms. The Kier molecular flexibility index (Phi) is 8.10. The highest BCUT2D eigenvalue weighted by atomic mass is 35.5. The summed E-state index contributed by atoms with van der Waals surface area (Å²) in [5.74, 6) is 0.0341. The van der Waals surface area contributed by atoms with E-state index in [0.29, 0.717) is 39.0 Å². The zero-order valence-corrected chi connectivity index (χ0v) is 21.0. The SMILES string of the molecule is Cc1onc(-c2ccc(COc3ccccc3CC(=O)O)cc2)c1NC(=O)OC(C)c1ccccc1Cl. The van der Waals surface area contributed by atoms with Crippen molar-refractivity contribution in [3.63, 3.8) is 0 Å². The van der Waals surface area contributed by atoms with Gasteiger partial charge in [-0.05, 0) is 31.5 Å². The van der Waals surface area contributed by atoms with Crippen molar-refractivity contribution in [1.82, 2.24) is 5.16 Å². The summed E-state index contributed by atoms with van der Waals surface area (Å²) in [6.45, 7) is 3.69. The number of halogens is 1. The first-order valence-electron chi connectivity index (χ1n) is 11.5. The highest BCUT2D eigenvalue weighted by Gasteiger charge is 2.20. The lowest BCUT2D eigenvalue weighted by Crippen LogP contribution is -2.17. The molecule has 4 rings (SSSR count). The Morgan fingerprint density at radius 2 is 1.76 bits per heavy atom. The van der Waals surface area contributed by atoms with E-state index in [1.165, 1.54) is 0 Å². The van der Waals surface area contributed by atoms with Crippen LogP contribution in [0.1, 0.15) is 35.5 Å². The third kappa shape index (κ3) is 6.48. The van der Waals surface area contributed by atoms with Crippen LogP contribution in [-0.4, -0.2) is 22.3 Å². The van der Waals surface area contributed by atoms with Gasteiger partial charge < -0.3 is 19.1 Å². The number of anilines is 1. The number of carbonyl (C=O) groups is 2. The van der Waals surface area contributed by atoms with Crippen LogP contribution in [0, 0.1) is 6.92 Å². The fourth-order valence-electron chi connectivity index (χ4n) is 3.75. The predicted molar refractivity (Wildman–Crippen MR) is 139 cm³/mol. The van der Waals surface area contributed by atoms with Gasteiger partial charge in [0.1, 0.15) is 29.8 Å². The maximum atomic E-state index is 12.6. The van der Waals surface area contributed by atoms with E-state index in [4.69, 9.17) is 30.7 Å². The molecule has 1 heterocycles. The van der Waals surface area contributed by atoms with Crippen molar-refractivity contribution in [3.05, 3.63) is 100 Å². The van der Waals surface area contributed by atoms with Crippen molar-refractivity contribution < 1.29 is 28.7 Å². The number of aliphatic carboxylic acids is 1. The minimum Gasteiger partial charge on any atom is -0.489 e. The Balaban J connectivity index is 1.42. The van der Waals surface area contributed by atoms with Crippen molar-refractivity contribution in [1.29, 1.82) is 0 Å². The average Bonchev–Trinajstić information content (AvgIpc) is 3.23. The lowest BCUT2D eigenvalue weighted by molar-refractivity contribution is -0.136. The first kappa shape index (κ1) is 25.8. The summed E-state index contributed by atoms with van der Waals surface area (Å²) in [6, 6.07) is 21.6. The van der Waals surface area contributed by atoms with Crippen molar-refractivity contribution in [2.24, 2.45) is 0 Å². The molecule has 190 valence electrons. The zero-order valence-electron chi connectivity index (χ0n) is 20.2. The van der Waals surface area contributed by atoms with Gasteiger partial charge in [-0.25, -0.2) is 4.79 Å². The molecule has 0 aliphatic heterocycles. The quantitative estimate of drug-likeness (QED) is 0.249. The molecule has 2 N–H and O–H groups in total. The van der Waals surface area contributed by atoms with Gasteiger partial charge in [0, 0.05) is 21.7 Å². The Labute approximate surface area is 218 Å². The summed E-state index contributed by atoms with van der Waals surface area (Å²) in [7, 11) is 0. The number of carboxylic acids is 1. The van der Waals surface area contributed by atoms with Crippen LogP contribution in [0.3, 0.4) is 0 Å². The van der Waals surface area contributed by atoms with E-state index < -0.39 is 18.2 Å². The van der Waals surface area contributed by atoms with Crippen LogP contribution in [0.15, 0.2) is 77.3 Å². The van der Waals surface area contributed by atoms with Gasteiger partial charge in [-0.2, -0.15) is 0 Å². The Morgan fingerprint density at radius 3 is 2.49 bits per heavy atom. The van der Waals surface area contributed by atoms with Gasteiger partial charge >= 0.3 is 12.1 Å². The molecular weight excluding hydrogens is 496 g/mol. The molecule has 4 aromatic rings. The molecule has 1 amide bonds. The van der Waals surface area contributed by atoms with Gasteiger partial charge in [0.15, 0.2) is 5.76 Å². The Hall–Kier alpha value is -4.30. The van der Waals surface area contributed by atoms with Gasteiger partial charge in [-0.15, -0.1) is 0 Å². The summed E-state index contributed by atoms with van der Waals surface area (Å²) in [4.78, 5) is 23.7. The number of hydrogen-bond donors (Lipinski definition) is 2. The fraction of sp³-hybridized carbons (Fsp3) is 0.179. The molecule has 0 bridgehead atoms. The number of amides is 1. The van der Waals surface area contributed by atoms with Gasteiger partial charge in [-0.1, -0.05) is 77.4 Å². The molecule has 8 nitrogen and oxygen atoms in total. The normalized spacial score (nSPS) is 11.5. The summed E-state index contributed by atoms with van der Waals surface area (Å²) >= 11 is 6.20. The van der Waals surface area contributed by atoms with Crippen LogP contribution < -0.4 is 10.1 Å². The molecule has 0 saturated heterocycles. The third-order valence-electron chi connectivity index (χ3n) is 5.65. The van der Waals surface area contributed by atoms with Crippen LogP contribution in [0.5, 0.6) is 5.75 Å². The number of carbonyl (C=O) groups excluding carboxylic acids is 1. The molecule has 0 saturated carbocycles. The van der Waals surface area contributed by atoms with Gasteiger partial charge in [0.25, 0.3) is 0 Å². The minimum absolute atomic E-state index is 0.115. The summed E-state index contributed by atoms with van der Waals surface area (Å²) in [5.41, 5.74) is 3.76. The lowest BCUT2D eigenvalue weighted by Gasteiger charge is -2.15. The number of aromatic nitrogens is 1. The van der Waals surface area contributed by atoms with E-state index >= 15 is 0 Å². The number of hydrogen-bond acceptors (Lipinski definition) is 6. The monoisotopic (exact) mass is 520 g/mol. The number of benzene rings is 3. The van der Waals surface area contributed by atoms with Gasteiger partial charge in [0.2, 0.25) is 0 Å². The third-order valence-corrected chi connectivity index (χ3v) is 6.00. The standard InChI is InChI=1S/C28H25ClN2O6/c1-17(22-8-4-5-9-23(22)29)36-28(34)30-26-18(2)37-31-27(26)20-13-11-19(12-14-20)16-35-24-10-6-3-7-21(24)15-25(32)33/h3-14,17H,15-16H2,1-2H3,(H,30,34)(H,32,33). The zero-order chi connectivity index (χ0) is 26.4. The molecule has 3 aromatic carbocycles. The van der Waals surface area contributed by atoms with E-state index in [-0.39, 0.29) is 13.0 Å². The van der Waals surface area contributed by atoms with E-state index in [1.807, 2.05) is 30.3 Å². The summed E-state index contributed by atoms with van der Waals surface area (Å²) in [5, 5.41) is 16.4. The average molecular weight is 521 g/mol. The number of carboxylic acid groups (broad SMARTS) is 1. The maximum Gasteiger partial charge on any atom is 0.412 e. The van der Waals surface area contributed by atoms with Crippen LogP contribution in [-0.2, 0) is 22.6 Å². The van der Waals surface area contributed by atoms with Crippen LogP contribution in [0.2, 0.25) is 5.02 Å². The molecule has 0 fully saturated rings. The number of para-hydroxylation sites is 1. The second kappa shape index (κ2) is 11.6. The van der Waals surface area contributed by atoms with E-state index in [1.54, 1.807) is 56.3 Å². The molecule has 0 aliphatic rings. The van der Waals surface area contributed by atoms with Gasteiger partial charge in [-0.3, -0.25) is 10.1 Å². The number of ether oxygens (including phenoxy) is 2. The molecule has 1 unspecified atom stereocenters. The van der Waals surface area contributed by atoms with E-state index in [2.05, 4.69) is 10.5 Å². The molecule has 0 radical (unpaired) electrons. The first-order chi connectivity index (χ1) is 17.8. The second-order valence-electron chi connectivity index (χ2n) is 8.32. The number of rotatable bonds is 9. The van der Waals surface area contributed by atoms with Crippen molar-refractivity contribution >= 4 is 29.4 Å². The molecule has 9 heteroatoms. The summed E-state index contributed by atoms with van der Waals surface area (Å²) < 4.78 is 16.7. The van der Waals surface area contributed by atoms with Crippen molar-refractivity contribution in [2.75, 3.05) is 5.32 Å². The van der Waals surface area contributed by atoms with E-state index in [0.717, 1.165) is 11.1 Å². The second-order valence-corrected chi connectivity index (χ2v) is 8.73. The maximum absolute atomic E-state index is 12.6. The summed E-state index contributed by atoms with van der Waals surface area (Å²) in [6.07, 6.45) is -1.34. The number of nitrogens with zero attached hydrogens (tertiary/aromatic N) is 1. The molecule has 0 spiro atoms. The van der Waals surface area contributed by atoms with Crippen LogP contribution in [0.4, 0.5) is 10.5 Å². The van der Waals surface area contributed by atoms with Crippen molar-refractivity contribution in [2.45, 2.75) is 33.0 Å². The smallest absolute Gasteiger partial charge is 0.412 e. The molecule has 1 atom stereocenters.